The first-order valence-electron chi connectivity index (χ1n) is 7.49. The summed E-state index contributed by atoms with van der Waals surface area (Å²) in [5, 5.41) is 2.61. The molecule has 0 spiro atoms. The van der Waals surface area contributed by atoms with Gasteiger partial charge in [-0.15, -0.1) is 0 Å². The number of hydrogen-bond donors (Lipinski definition) is 1. The molecule has 22 heavy (non-hydrogen) atoms. The molecule has 1 N–H and O–H groups in total. The Balaban J connectivity index is 1.64. The van der Waals surface area contributed by atoms with Crippen LogP contribution >= 0.6 is 15.9 Å². The Labute approximate surface area is 135 Å². The normalized spacial score (nSPS) is 27.2. The van der Waals surface area contributed by atoms with Gasteiger partial charge < -0.3 is 5.32 Å². The Morgan fingerprint density at radius 1 is 1.27 bits per heavy atom. The van der Waals surface area contributed by atoms with Crippen LogP contribution in [-0.2, 0) is 11.0 Å². The summed E-state index contributed by atoms with van der Waals surface area (Å²) >= 11 is 2.89. The van der Waals surface area contributed by atoms with E-state index in [0.29, 0.717) is 18.3 Å². The molecule has 2 aliphatic carbocycles. The number of rotatable bonds is 3. The van der Waals surface area contributed by atoms with Crippen molar-refractivity contribution in [1.29, 1.82) is 0 Å². The fraction of sp³-hybridized carbons (Fsp3) is 0.562. The summed E-state index contributed by atoms with van der Waals surface area (Å²) in [6, 6.07) is 3.77. The van der Waals surface area contributed by atoms with Gasteiger partial charge >= 0.3 is 6.18 Å². The van der Waals surface area contributed by atoms with E-state index in [9.17, 15) is 18.0 Å². The number of anilines is 1. The summed E-state index contributed by atoms with van der Waals surface area (Å²) in [7, 11) is 0. The van der Waals surface area contributed by atoms with Gasteiger partial charge in [0, 0.05) is 16.6 Å². The van der Waals surface area contributed by atoms with Crippen molar-refractivity contribution < 1.29 is 18.0 Å². The fourth-order valence-electron chi connectivity index (χ4n) is 3.90. The van der Waals surface area contributed by atoms with Crippen LogP contribution < -0.4 is 5.32 Å². The Hall–Kier alpha value is -1.04. The second-order valence-corrected chi connectivity index (χ2v) is 7.23. The molecule has 1 aromatic carbocycles. The summed E-state index contributed by atoms with van der Waals surface area (Å²) in [6.07, 6.45) is 0.743. The van der Waals surface area contributed by atoms with Gasteiger partial charge in [-0.05, 0) is 55.2 Å². The molecule has 2 aliphatic rings. The van der Waals surface area contributed by atoms with Crippen molar-refractivity contribution in [2.75, 3.05) is 5.32 Å². The zero-order valence-corrected chi connectivity index (χ0v) is 13.5. The molecular formula is C16H17BrF3NO. The lowest BCUT2D eigenvalue weighted by molar-refractivity contribution is -0.138. The highest BCUT2D eigenvalue weighted by atomic mass is 79.9. The fourth-order valence-corrected chi connectivity index (χ4v) is 4.37. The zero-order valence-electron chi connectivity index (χ0n) is 11.9. The molecule has 2 bridgehead atoms. The van der Waals surface area contributed by atoms with Gasteiger partial charge in [0.2, 0.25) is 5.91 Å². The third-order valence-electron chi connectivity index (χ3n) is 4.89. The Morgan fingerprint density at radius 2 is 2.05 bits per heavy atom. The first-order valence-corrected chi connectivity index (χ1v) is 8.29. The first-order chi connectivity index (χ1) is 10.3. The van der Waals surface area contributed by atoms with E-state index in [1.54, 1.807) is 0 Å². The van der Waals surface area contributed by atoms with E-state index < -0.39 is 11.7 Å². The lowest BCUT2D eigenvalue weighted by atomic mass is 9.86. The smallest absolute Gasteiger partial charge is 0.326 e. The van der Waals surface area contributed by atoms with Crippen LogP contribution in [-0.4, -0.2) is 5.91 Å². The number of amides is 1. The molecular weight excluding hydrogens is 359 g/mol. The van der Waals surface area contributed by atoms with E-state index in [0.717, 1.165) is 18.4 Å². The predicted octanol–water partition coefficient (Wildman–Crippen LogP) is 5.23. The van der Waals surface area contributed by atoms with Crippen molar-refractivity contribution in [3.8, 4) is 0 Å². The molecule has 3 rings (SSSR count). The Morgan fingerprint density at radius 3 is 2.64 bits per heavy atom. The van der Waals surface area contributed by atoms with E-state index >= 15 is 0 Å². The van der Waals surface area contributed by atoms with Gasteiger partial charge in [0.05, 0.1) is 5.56 Å². The molecule has 3 atom stereocenters. The lowest BCUT2D eigenvalue weighted by Crippen LogP contribution is -2.20. The van der Waals surface area contributed by atoms with Gasteiger partial charge in [-0.3, -0.25) is 4.79 Å². The van der Waals surface area contributed by atoms with Crippen molar-refractivity contribution in [3.63, 3.8) is 0 Å². The Bertz CT molecular complexity index is 587. The summed E-state index contributed by atoms with van der Waals surface area (Å²) in [4.78, 5) is 12.1. The first kappa shape index (κ1) is 15.8. The minimum atomic E-state index is -4.44. The molecule has 0 aromatic heterocycles. The van der Waals surface area contributed by atoms with Crippen LogP contribution in [0.5, 0.6) is 0 Å². The third-order valence-corrected chi connectivity index (χ3v) is 5.58. The SMILES string of the molecule is O=C(C[C@@H]1C[C@@H]2CC[C@@H]1C2)Nc1ccc(Br)c(C(F)(F)F)c1. The monoisotopic (exact) mass is 375 g/mol. The van der Waals surface area contributed by atoms with Gasteiger partial charge in [0.15, 0.2) is 0 Å². The highest BCUT2D eigenvalue weighted by Gasteiger charge is 2.40. The van der Waals surface area contributed by atoms with E-state index in [2.05, 4.69) is 21.2 Å². The summed E-state index contributed by atoms with van der Waals surface area (Å²) in [5.74, 6) is 1.60. The Kier molecular flexibility index (Phi) is 4.23. The molecule has 2 saturated carbocycles. The topological polar surface area (TPSA) is 29.1 Å². The van der Waals surface area contributed by atoms with Crippen LogP contribution in [0.15, 0.2) is 22.7 Å². The lowest BCUT2D eigenvalue weighted by Gasteiger charge is -2.21. The number of carbonyl (C=O) groups is 1. The van der Waals surface area contributed by atoms with Crippen molar-refractivity contribution in [2.24, 2.45) is 17.8 Å². The molecule has 6 heteroatoms. The molecule has 2 nitrogen and oxygen atoms in total. The molecule has 0 heterocycles. The summed E-state index contributed by atoms with van der Waals surface area (Å²) in [5.41, 5.74) is -0.575. The standard InChI is InChI=1S/C16H17BrF3NO/c17-14-4-3-12(8-13(14)16(18,19)20)21-15(22)7-11-6-9-1-2-10(11)5-9/h3-4,8-11H,1-2,5-7H2,(H,21,22)/t9-,10-,11+/m1/s1. The highest BCUT2D eigenvalue weighted by Crippen LogP contribution is 2.49. The zero-order chi connectivity index (χ0) is 15.9. The molecule has 120 valence electrons. The quantitative estimate of drug-likeness (QED) is 0.769. The average molecular weight is 376 g/mol. The number of nitrogens with one attached hydrogen (secondary N) is 1. The van der Waals surface area contributed by atoms with E-state index in [1.165, 1.54) is 31.4 Å². The number of halogens is 4. The number of hydrogen-bond acceptors (Lipinski definition) is 1. The number of benzene rings is 1. The maximum Gasteiger partial charge on any atom is 0.417 e. The maximum absolute atomic E-state index is 12.9. The van der Waals surface area contributed by atoms with Gasteiger partial charge in [-0.25, -0.2) is 0 Å². The average Bonchev–Trinajstić information content (AvgIpc) is 3.02. The minimum Gasteiger partial charge on any atom is -0.326 e. The van der Waals surface area contributed by atoms with Crippen molar-refractivity contribution >= 4 is 27.5 Å². The van der Waals surface area contributed by atoms with E-state index in [4.69, 9.17) is 0 Å². The van der Waals surface area contributed by atoms with Gasteiger partial charge in [-0.2, -0.15) is 13.2 Å². The van der Waals surface area contributed by atoms with Gasteiger partial charge in [-0.1, -0.05) is 22.4 Å². The van der Waals surface area contributed by atoms with E-state index in [1.807, 2.05) is 0 Å². The summed E-state index contributed by atoms with van der Waals surface area (Å²) < 4.78 is 38.5. The largest absolute Gasteiger partial charge is 0.417 e. The van der Waals surface area contributed by atoms with Crippen LogP contribution in [0.4, 0.5) is 18.9 Å². The van der Waals surface area contributed by atoms with Gasteiger partial charge in [0.1, 0.15) is 0 Å². The number of alkyl halides is 3. The van der Waals surface area contributed by atoms with Crippen LogP contribution in [0.25, 0.3) is 0 Å². The molecule has 0 unspecified atom stereocenters. The van der Waals surface area contributed by atoms with Crippen LogP contribution in [0.1, 0.15) is 37.7 Å². The molecule has 1 aromatic rings. The van der Waals surface area contributed by atoms with Crippen molar-refractivity contribution in [1.82, 2.24) is 0 Å². The molecule has 0 aliphatic heterocycles. The minimum absolute atomic E-state index is 0.0221. The van der Waals surface area contributed by atoms with Crippen LogP contribution in [0.2, 0.25) is 0 Å². The summed E-state index contributed by atoms with van der Waals surface area (Å²) in [6.45, 7) is 0. The molecule has 0 saturated heterocycles. The number of fused-ring (bicyclic) bond motifs is 2. The second kappa shape index (κ2) is 5.87. The van der Waals surface area contributed by atoms with Crippen molar-refractivity contribution in [2.45, 2.75) is 38.3 Å². The third kappa shape index (κ3) is 3.31. The highest BCUT2D eigenvalue weighted by molar-refractivity contribution is 9.10. The second-order valence-electron chi connectivity index (χ2n) is 6.38. The van der Waals surface area contributed by atoms with Crippen LogP contribution in [0, 0.1) is 17.8 Å². The van der Waals surface area contributed by atoms with Crippen molar-refractivity contribution in [3.05, 3.63) is 28.2 Å². The predicted molar refractivity (Wildman–Crippen MR) is 81.3 cm³/mol. The van der Waals surface area contributed by atoms with Crippen LogP contribution in [0.3, 0.4) is 0 Å². The molecule has 2 fully saturated rings. The molecule has 1 amide bonds. The van der Waals surface area contributed by atoms with Gasteiger partial charge in [0.25, 0.3) is 0 Å². The molecule has 0 radical (unpaired) electrons. The maximum atomic E-state index is 12.9. The van der Waals surface area contributed by atoms with E-state index in [-0.39, 0.29) is 16.1 Å². The number of carbonyl (C=O) groups excluding carboxylic acids is 1.